The van der Waals surface area contributed by atoms with E-state index in [2.05, 4.69) is 21.4 Å². The van der Waals surface area contributed by atoms with E-state index in [1.54, 1.807) is 0 Å². The molecule has 0 amide bonds. The van der Waals surface area contributed by atoms with Crippen LogP contribution in [0.25, 0.3) is 10.9 Å². The summed E-state index contributed by atoms with van der Waals surface area (Å²) in [6.45, 7) is 4.07. The van der Waals surface area contributed by atoms with E-state index in [0.29, 0.717) is 11.0 Å². The highest BCUT2D eigenvalue weighted by atomic mass is 32.2. The summed E-state index contributed by atoms with van der Waals surface area (Å²) in [5.41, 5.74) is 4.00. The van der Waals surface area contributed by atoms with Crippen molar-refractivity contribution >= 4 is 40.3 Å². The highest BCUT2D eigenvalue weighted by Crippen LogP contribution is 2.27. The molecule has 0 saturated carbocycles. The molecule has 2 aromatic carbocycles. The molecule has 3 rings (SSSR count). The minimum Gasteiger partial charge on any atom is -0.481 e. The number of fused-ring (bicyclic) bond motifs is 1. The summed E-state index contributed by atoms with van der Waals surface area (Å²) < 4.78 is 0. The zero-order valence-electron chi connectivity index (χ0n) is 13.4. The standard InChI is InChI=1S/C18H17N3O2S/c1-11-7-12(2)9-13(8-11)19-18-20-15-6-4-3-5-14(15)17(21-18)24-10-16(22)23/h3-9H,10H2,1-2H3,(H,22,23)(H,19,20,21). The number of benzene rings is 2. The number of rotatable bonds is 5. The minimum atomic E-state index is -0.869. The van der Waals surface area contributed by atoms with E-state index in [-0.39, 0.29) is 5.75 Å². The van der Waals surface area contributed by atoms with Gasteiger partial charge in [-0.2, -0.15) is 0 Å². The number of nitrogens with zero attached hydrogens (tertiary/aromatic N) is 2. The molecular weight excluding hydrogens is 322 g/mol. The van der Waals surface area contributed by atoms with Crippen LogP contribution in [-0.2, 0) is 4.79 Å². The highest BCUT2D eigenvalue weighted by Gasteiger charge is 2.10. The predicted molar refractivity (Wildman–Crippen MR) is 97.1 cm³/mol. The lowest BCUT2D eigenvalue weighted by atomic mass is 10.1. The lowest BCUT2D eigenvalue weighted by Crippen LogP contribution is -2.02. The molecular formula is C18H17N3O2S. The second-order valence-corrected chi connectivity index (χ2v) is 6.52. The van der Waals surface area contributed by atoms with Crippen LogP contribution in [0.3, 0.4) is 0 Å². The normalized spacial score (nSPS) is 10.8. The Balaban J connectivity index is 1.99. The fourth-order valence-electron chi connectivity index (χ4n) is 2.52. The lowest BCUT2D eigenvalue weighted by Gasteiger charge is -2.10. The highest BCUT2D eigenvalue weighted by molar-refractivity contribution is 8.00. The molecule has 0 spiro atoms. The maximum atomic E-state index is 10.9. The number of para-hydroxylation sites is 1. The first-order valence-corrected chi connectivity index (χ1v) is 8.46. The number of aromatic nitrogens is 2. The predicted octanol–water partition coefficient (Wildman–Crippen LogP) is 4.17. The summed E-state index contributed by atoms with van der Waals surface area (Å²) in [4.78, 5) is 19.9. The number of aryl methyl sites for hydroxylation is 2. The van der Waals surface area contributed by atoms with Crippen molar-refractivity contribution in [2.45, 2.75) is 18.9 Å². The van der Waals surface area contributed by atoms with Gasteiger partial charge in [0.25, 0.3) is 0 Å². The molecule has 0 aliphatic rings. The van der Waals surface area contributed by atoms with Crippen molar-refractivity contribution in [3.05, 3.63) is 53.6 Å². The molecule has 1 heterocycles. The molecule has 2 N–H and O–H groups in total. The number of anilines is 2. The Bertz CT molecular complexity index is 892. The quantitative estimate of drug-likeness (QED) is 0.537. The first-order chi connectivity index (χ1) is 11.5. The zero-order valence-corrected chi connectivity index (χ0v) is 14.2. The monoisotopic (exact) mass is 339 g/mol. The zero-order chi connectivity index (χ0) is 17.1. The largest absolute Gasteiger partial charge is 0.481 e. The summed E-state index contributed by atoms with van der Waals surface area (Å²) in [5.74, 6) is -0.442. The van der Waals surface area contributed by atoms with Gasteiger partial charge in [-0.1, -0.05) is 36.0 Å². The van der Waals surface area contributed by atoms with E-state index in [1.807, 2.05) is 50.2 Å². The van der Waals surface area contributed by atoms with Gasteiger partial charge in [0.2, 0.25) is 5.95 Å². The van der Waals surface area contributed by atoms with Gasteiger partial charge in [0.05, 0.1) is 11.3 Å². The lowest BCUT2D eigenvalue weighted by molar-refractivity contribution is -0.133. The van der Waals surface area contributed by atoms with E-state index in [9.17, 15) is 4.79 Å². The van der Waals surface area contributed by atoms with Crippen LogP contribution in [0, 0.1) is 13.8 Å². The average Bonchev–Trinajstić information content (AvgIpc) is 2.51. The third-order valence-electron chi connectivity index (χ3n) is 3.38. The van der Waals surface area contributed by atoms with Crippen molar-refractivity contribution in [2.75, 3.05) is 11.1 Å². The Kier molecular flexibility index (Phi) is 4.66. The summed E-state index contributed by atoms with van der Waals surface area (Å²) in [7, 11) is 0. The summed E-state index contributed by atoms with van der Waals surface area (Å²) in [6.07, 6.45) is 0. The number of carboxylic acids is 1. The van der Waals surface area contributed by atoms with Crippen LogP contribution in [0.2, 0.25) is 0 Å². The number of carbonyl (C=O) groups is 1. The van der Waals surface area contributed by atoms with Crippen LogP contribution < -0.4 is 5.32 Å². The van der Waals surface area contributed by atoms with Gasteiger partial charge in [0, 0.05) is 11.1 Å². The summed E-state index contributed by atoms with van der Waals surface area (Å²) in [5, 5.41) is 13.7. The van der Waals surface area contributed by atoms with Crippen molar-refractivity contribution in [1.82, 2.24) is 9.97 Å². The molecule has 0 radical (unpaired) electrons. The van der Waals surface area contributed by atoms with E-state index in [4.69, 9.17) is 5.11 Å². The Morgan fingerprint density at radius 2 is 1.83 bits per heavy atom. The Morgan fingerprint density at radius 1 is 1.12 bits per heavy atom. The number of hydrogen-bond donors (Lipinski definition) is 2. The van der Waals surface area contributed by atoms with Gasteiger partial charge in [-0.05, 0) is 43.2 Å². The fraction of sp³-hybridized carbons (Fsp3) is 0.167. The molecule has 0 saturated heterocycles. The van der Waals surface area contributed by atoms with Crippen molar-refractivity contribution < 1.29 is 9.90 Å². The van der Waals surface area contributed by atoms with Crippen molar-refractivity contribution in [2.24, 2.45) is 0 Å². The number of aliphatic carboxylic acids is 1. The second-order valence-electron chi connectivity index (χ2n) is 5.55. The van der Waals surface area contributed by atoms with E-state index < -0.39 is 5.97 Å². The smallest absolute Gasteiger partial charge is 0.313 e. The van der Waals surface area contributed by atoms with Gasteiger partial charge >= 0.3 is 5.97 Å². The Labute approximate surface area is 144 Å². The number of carboxylic acid groups (broad SMARTS) is 1. The molecule has 1 aromatic heterocycles. The summed E-state index contributed by atoms with van der Waals surface area (Å²) in [6, 6.07) is 13.7. The summed E-state index contributed by atoms with van der Waals surface area (Å²) >= 11 is 1.20. The molecule has 0 unspecified atom stereocenters. The molecule has 0 atom stereocenters. The van der Waals surface area contributed by atoms with Crippen LogP contribution in [0.15, 0.2) is 47.5 Å². The van der Waals surface area contributed by atoms with Gasteiger partial charge in [0.1, 0.15) is 5.03 Å². The maximum absolute atomic E-state index is 10.9. The first-order valence-electron chi connectivity index (χ1n) is 7.48. The van der Waals surface area contributed by atoms with Gasteiger partial charge < -0.3 is 10.4 Å². The molecule has 6 heteroatoms. The average molecular weight is 339 g/mol. The Morgan fingerprint density at radius 3 is 2.54 bits per heavy atom. The number of hydrogen-bond acceptors (Lipinski definition) is 5. The van der Waals surface area contributed by atoms with Gasteiger partial charge in [-0.3, -0.25) is 4.79 Å². The van der Waals surface area contributed by atoms with E-state index >= 15 is 0 Å². The Hall–Kier alpha value is -2.60. The number of nitrogens with one attached hydrogen (secondary N) is 1. The van der Waals surface area contributed by atoms with Crippen molar-refractivity contribution in [3.63, 3.8) is 0 Å². The third kappa shape index (κ3) is 3.83. The molecule has 0 aliphatic heterocycles. The minimum absolute atomic E-state index is 0.0377. The number of thioether (sulfide) groups is 1. The van der Waals surface area contributed by atoms with Crippen molar-refractivity contribution in [3.8, 4) is 0 Å². The van der Waals surface area contributed by atoms with E-state index in [1.165, 1.54) is 11.8 Å². The molecule has 0 aliphatic carbocycles. The van der Waals surface area contributed by atoms with Gasteiger partial charge in [0.15, 0.2) is 0 Å². The van der Waals surface area contributed by atoms with Gasteiger partial charge in [-0.15, -0.1) is 0 Å². The fourth-order valence-corrected chi connectivity index (χ4v) is 3.26. The van der Waals surface area contributed by atoms with Crippen LogP contribution in [0.1, 0.15) is 11.1 Å². The topological polar surface area (TPSA) is 75.1 Å². The molecule has 122 valence electrons. The molecule has 0 fully saturated rings. The molecule has 0 bridgehead atoms. The molecule has 3 aromatic rings. The first kappa shape index (κ1) is 16.3. The van der Waals surface area contributed by atoms with Crippen LogP contribution in [-0.4, -0.2) is 26.8 Å². The van der Waals surface area contributed by atoms with Crippen LogP contribution >= 0.6 is 11.8 Å². The maximum Gasteiger partial charge on any atom is 0.313 e. The van der Waals surface area contributed by atoms with Gasteiger partial charge in [-0.25, -0.2) is 9.97 Å². The van der Waals surface area contributed by atoms with E-state index in [0.717, 1.165) is 27.7 Å². The van der Waals surface area contributed by atoms with Crippen LogP contribution in [0.4, 0.5) is 11.6 Å². The molecule has 5 nitrogen and oxygen atoms in total. The van der Waals surface area contributed by atoms with Crippen LogP contribution in [0.5, 0.6) is 0 Å². The SMILES string of the molecule is Cc1cc(C)cc(Nc2nc(SCC(=O)O)c3ccccc3n2)c1. The third-order valence-corrected chi connectivity index (χ3v) is 4.35. The van der Waals surface area contributed by atoms with Crippen molar-refractivity contribution in [1.29, 1.82) is 0 Å². The molecule has 24 heavy (non-hydrogen) atoms. The second kappa shape index (κ2) is 6.88.